The lowest BCUT2D eigenvalue weighted by Crippen LogP contribution is -2.62. The van der Waals surface area contributed by atoms with Crippen molar-refractivity contribution >= 4 is 11.8 Å². The number of nitrogens with one attached hydrogen (secondary N) is 2. The molecule has 0 spiro atoms. The van der Waals surface area contributed by atoms with Crippen molar-refractivity contribution in [3.8, 4) is 11.1 Å². The first kappa shape index (κ1) is 28.7. The first-order valence-corrected chi connectivity index (χ1v) is 14.5. The van der Waals surface area contributed by atoms with Crippen LogP contribution in [0.3, 0.4) is 0 Å². The zero-order valence-corrected chi connectivity index (χ0v) is 24.1. The lowest BCUT2D eigenvalue weighted by Gasteiger charge is -2.62. The maximum Gasteiger partial charge on any atom is 0.251 e. The number of hydrogen-bond acceptors (Lipinski definition) is 6. The lowest BCUT2D eigenvalue weighted by molar-refractivity contribution is -0.183. The lowest BCUT2D eigenvalue weighted by atomic mass is 9.45. The van der Waals surface area contributed by atoms with Crippen LogP contribution < -0.4 is 10.6 Å². The molecule has 216 valence electrons. The molecule has 2 aromatic carbocycles. The van der Waals surface area contributed by atoms with Crippen molar-refractivity contribution in [1.29, 1.82) is 0 Å². The minimum atomic E-state index is -0.840. The second-order valence-corrected chi connectivity index (χ2v) is 12.6. The van der Waals surface area contributed by atoms with Crippen molar-refractivity contribution in [3.05, 3.63) is 59.7 Å². The van der Waals surface area contributed by atoms with E-state index in [0.717, 1.165) is 23.1 Å². The van der Waals surface area contributed by atoms with E-state index in [2.05, 4.69) is 31.4 Å². The van der Waals surface area contributed by atoms with E-state index < -0.39 is 24.2 Å². The quantitative estimate of drug-likeness (QED) is 0.402. The molecule has 8 heteroatoms. The van der Waals surface area contributed by atoms with Crippen molar-refractivity contribution in [3.63, 3.8) is 0 Å². The highest BCUT2D eigenvalue weighted by Crippen LogP contribution is 2.61. The average molecular weight is 550 g/mol. The molecule has 1 heterocycles. The molecule has 4 aliphatic rings. The van der Waals surface area contributed by atoms with E-state index in [-0.39, 0.29) is 24.5 Å². The Labute approximate surface area is 237 Å². The summed E-state index contributed by atoms with van der Waals surface area (Å²) in [7, 11) is 1.61. The molecule has 40 heavy (non-hydrogen) atoms. The van der Waals surface area contributed by atoms with Crippen LogP contribution in [0.1, 0.15) is 56.5 Å². The van der Waals surface area contributed by atoms with E-state index in [1.807, 2.05) is 42.5 Å². The summed E-state index contributed by atoms with van der Waals surface area (Å²) in [6.07, 6.45) is 0.668. The topological polar surface area (TPSA) is 111 Å². The first-order chi connectivity index (χ1) is 19.0. The van der Waals surface area contributed by atoms with Crippen LogP contribution in [-0.2, 0) is 16.2 Å². The van der Waals surface area contributed by atoms with E-state index in [1.165, 1.54) is 6.42 Å². The van der Waals surface area contributed by atoms with Crippen LogP contribution in [0.5, 0.6) is 0 Å². The zero-order valence-electron chi connectivity index (χ0n) is 24.1. The highest BCUT2D eigenvalue weighted by atomic mass is 16.7. The Morgan fingerprint density at radius 2 is 1.82 bits per heavy atom. The van der Waals surface area contributed by atoms with Crippen molar-refractivity contribution in [1.82, 2.24) is 15.7 Å². The maximum atomic E-state index is 13.9. The van der Waals surface area contributed by atoms with Gasteiger partial charge in [-0.05, 0) is 77.8 Å². The molecular weight excluding hydrogens is 506 g/mol. The Morgan fingerprint density at radius 1 is 1.12 bits per heavy atom. The molecule has 8 nitrogen and oxygen atoms in total. The van der Waals surface area contributed by atoms with Crippen molar-refractivity contribution in [2.24, 2.45) is 29.1 Å². The molecule has 2 amide bonds. The van der Waals surface area contributed by atoms with Crippen LogP contribution in [0.2, 0.25) is 0 Å². The van der Waals surface area contributed by atoms with Gasteiger partial charge < -0.3 is 20.8 Å². The molecule has 2 bridgehead atoms. The first-order valence-electron chi connectivity index (χ1n) is 14.5. The number of benzene rings is 2. The second-order valence-electron chi connectivity index (χ2n) is 12.6. The minimum Gasteiger partial charge on any atom is -0.394 e. The standard InChI is InChI=1S/C32H43N3O5/c1-18-25-14-24(32(25,3)4)15-26(18)34-31(39)29-28(19(2)37)27(17-36)40-35(29)16-20-8-6-9-21(12-20)22-10-7-11-23(13-22)30(38)33-5/h6-13,18-19,24-29,36-37H,14-17H2,1-5H3,(H,33,38)(H,34,39)/t18-,19-,24-,25+,26-,27-,28+,29-/m0/s1. The minimum absolute atomic E-state index is 0.0878. The number of carbonyl (C=O) groups excluding carboxylic acids is 2. The van der Waals surface area contributed by atoms with Gasteiger partial charge >= 0.3 is 0 Å². The van der Waals surface area contributed by atoms with Crippen LogP contribution >= 0.6 is 0 Å². The number of amides is 2. The summed E-state index contributed by atoms with van der Waals surface area (Å²) in [6, 6.07) is 14.7. The molecule has 0 radical (unpaired) electrons. The van der Waals surface area contributed by atoms with Crippen LogP contribution in [-0.4, -0.2) is 65.0 Å². The molecule has 0 aromatic heterocycles. The number of aliphatic hydroxyl groups is 2. The number of carbonyl (C=O) groups is 2. The predicted octanol–water partition coefficient (Wildman–Crippen LogP) is 3.37. The molecule has 1 aliphatic heterocycles. The van der Waals surface area contributed by atoms with Crippen molar-refractivity contribution < 1.29 is 24.6 Å². The third-order valence-corrected chi connectivity index (χ3v) is 10.0. The molecule has 8 atom stereocenters. The molecule has 4 fully saturated rings. The van der Waals surface area contributed by atoms with Crippen LogP contribution in [0.4, 0.5) is 0 Å². The zero-order chi connectivity index (χ0) is 28.8. The monoisotopic (exact) mass is 549 g/mol. The van der Waals surface area contributed by atoms with E-state index in [9.17, 15) is 19.8 Å². The largest absolute Gasteiger partial charge is 0.394 e. The number of hydroxylamine groups is 2. The molecule has 3 saturated carbocycles. The summed E-state index contributed by atoms with van der Waals surface area (Å²) in [5, 5.41) is 28.4. The smallest absolute Gasteiger partial charge is 0.251 e. The van der Waals surface area contributed by atoms with Crippen molar-refractivity contribution in [2.75, 3.05) is 13.7 Å². The summed E-state index contributed by atoms with van der Waals surface area (Å²) >= 11 is 0. The summed E-state index contributed by atoms with van der Waals surface area (Å²) < 4.78 is 0. The van der Waals surface area contributed by atoms with Crippen LogP contribution in [0.25, 0.3) is 11.1 Å². The number of fused-ring (bicyclic) bond motifs is 2. The molecule has 1 saturated heterocycles. The second kappa shape index (κ2) is 11.2. The van der Waals surface area contributed by atoms with Gasteiger partial charge in [0.15, 0.2) is 0 Å². The molecule has 2 aromatic rings. The van der Waals surface area contributed by atoms with Gasteiger partial charge in [-0.3, -0.25) is 14.4 Å². The Balaban J connectivity index is 1.37. The Hall–Kier alpha value is -2.78. The molecule has 4 N–H and O–H groups in total. The molecule has 6 rings (SSSR count). The highest BCUT2D eigenvalue weighted by Gasteiger charge is 2.57. The summed E-state index contributed by atoms with van der Waals surface area (Å²) in [5.41, 5.74) is 3.65. The summed E-state index contributed by atoms with van der Waals surface area (Å²) in [6.45, 7) is 8.58. The van der Waals surface area contributed by atoms with Crippen LogP contribution in [0.15, 0.2) is 48.5 Å². The van der Waals surface area contributed by atoms with Gasteiger partial charge in [0.05, 0.1) is 19.3 Å². The summed E-state index contributed by atoms with van der Waals surface area (Å²) in [5.74, 6) is 0.701. The Bertz CT molecular complexity index is 1250. The Kier molecular flexibility index (Phi) is 8.08. The average Bonchev–Trinajstić information content (AvgIpc) is 3.32. The van der Waals surface area contributed by atoms with E-state index >= 15 is 0 Å². The number of nitrogens with zero attached hydrogens (tertiary/aromatic N) is 1. The third-order valence-electron chi connectivity index (χ3n) is 10.0. The normalized spacial score (nSPS) is 31.7. The molecule has 0 unspecified atom stereocenters. The molecule has 3 aliphatic carbocycles. The van der Waals surface area contributed by atoms with Gasteiger partial charge in [0.2, 0.25) is 5.91 Å². The Morgan fingerprint density at radius 3 is 2.45 bits per heavy atom. The SMILES string of the molecule is CNC(=O)c1cccc(-c2cccc(CN3O[C@@H](CO)[C@@H]([C@H](C)O)[C@H]3C(=O)N[C@H]3C[C@@H]4C[C@H]([C@@H]3C)C4(C)C)c2)c1. The predicted molar refractivity (Wildman–Crippen MR) is 153 cm³/mol. The third kappa shape index (κ3) is 5.18. The van der Waals surface area contributed by atoms with E-state index in [4.69, 9.17) is 4.84 Å². The van der Waals surface area contributed by atoms with Gasteiger partial charge in [-0.2, -0.15) is 5.06 Å². The van der Waals surface area contributed by atoms with Crippen molar-refractivity contribution in [2.45, 2.75) is 71.4 Å². The number of rotatable bonds is 8. The van der Waals surface area contributed by atoms with E-state index in [1.54, 1.807) is 25.1 Å². The molecular formula is C32H43N3O5. The summed E-state index contributed by atoms with van der Waals surface area (Å²) in [4.78, 5) is 32.1. The van der Waals surface area contributed by atoms with Gasteiger partial charge in [-0.25, -0.2) is 0 Å². The van der Waals surface area contributed by atoms with Gasteiger partial charge in [0.1, 0.15) is 12.1 Å². The van der Waals surface area contributed by atoms with Crippen LogP contribution in [0, 0.1) is 29.1 Å². The van der Waals surface area contributed by atoms with Gasteiger partial charge in [-0.1, -0.05) is 51.1 Å². The van der Waals surface area contributed by atoms with E-state index in [0.29, 0.717) is 35.3 Å². The van der Waals surface area contributed by atoms with Gasteiger partial charge in [0, 0.05) is 24.6 Å². The fourth-order valence-electron chi connectivity index (χ4n) is 7.50. The van der Waals surface area contributed by atoms with Gasteiger partial charge in [0.25, 0.3) is 5.91 Å². The maximum absolute atomic E-state index is 13.9. The number of aliphatic hydroxyl groups excluding tert-OH is 2. The fourth-order valence-corrected chi connectivity index (χ4v) is 7.50. The highest BCUT2D eigenvalue weighted by molar-refractivity contribution is 5.95. The number of hydrogen-bond donors (Lipinski definition) is 4. The fraction of sp³-hybridized carbons (Fsp3) is 0.562. The van der Waals surface area contributed by atoms with Gasteiger partial charge in [-0.15, -0.1) is 0 Å².